The van der Waals surface area contributed by atoms with Crippen molar-refractivity contribution in [1.29, 1.82) is 0 Å². The van der Waals surface area contributed by atoms with Crippen molar-refractivity contribution in [1.82, 2.24) is 20.6 Å². The van der Waals surface area contributed by atoms with Gasteiger partial charge in [-0.2, -0.15) is 0 Å². The van der Waals surface area contributed by atoms with Crippen LogP contribution in [0, 0.1) is 6.92 Å². The second kappa shape index (κ2) is 5.20. The highest BCUT2D eigenvalue weighted by Crippen LogP contribution is 2.04. The van der Waals surface area contributed by atoms with E-state index in [2.05, 4.69) is 20.6 Å². The summed E-state index contributed by atoms with van der Waals surface area (Å²) in [5.41, 5.74) is 1.12. The fourth-order valence-electron chi connectivity index (χ4n) is 1.80. The van der Waals surface area contributed by atoms with Gasteiger partial charge in [0.05, 0.1) is 24.0 Å². The average Bonchev–Trinajstić information content (AvgIpc) is 2.77. The maximum Gasteiger partial charge on any atom is 0.271 e. The summed E-state index contributed by atoms with van der Waals surface area (Å²) in [7, 11) is 1.64. The number of carbonyl (C=O) groups excluding carboxylic acids is 1. The second-order valence-corrected chi connectivity index (χ2v) is 4.06. The van der Waals surface area contributed by atoms with Crippen LogP contribution in [0.4, 0.5) is 0 Å². The number of aryl methyl sites for hydroxylation is 1. The number of hydrogen-bond acceptors (Lipinski definition) is 5. The van der Waals surface area contributed by atoms with Gasteiger partial charge in [-0.05, 0) is 6.92 Å². The lowest BCUT2D eigenvalue weighted by molar-refractivity contribution is 0.0776. The van der Waals surface area contributed by atoms with Crippen molar-refractivity contribution >= 4 is 5.91 Å². The highest BCUT2D eigenvalue weighted by molar-refractivity contribution is 5.92. The first-order valence-corrected chi connectivity index (χ1v) is 5.53. The van der Waals surface area contributed by atoms with Crippen LogP contribution in [0.3, 0.4) is 0 Å². The predicted octanol–water partition coefficient (Wildman–Crippen LogP) is -0.498. The van der Waals surface area contributed by atoms with Crippen molar-refractivity contribution in [3.8, 4) is 0 Å². The summed E-state index contributed by atoms with van der Waals surface area (Å²) < 4.78 is 5.27. The molecule has 0 radical (unpaired) electrons. The van der Waals surface area contributed by atoms with E-state index in [0.717, 1.165) is 12.2 Å². The normalized spacial score (nSPS) is 23.6. The Morgan fingerprint density at radius 3 is 2.94 bits per heavy atom. The Balaban J connectivity index is 1.99. The van der Waals surface area contributed by atoms with Crippen LogP contribution < -0.4 is 10.6 Å². The van der Waals surface area contributed by atoms with Gasteiger partial charge >= 0.3 is 0 Å². The van der Waals surface area contributed by atoms with E-state index in [1.807, 2.05) is 6.92 Å². The van der Waals surface area contributed by atoms with Gasteiger partial charge in [0.2, 0.25) is 0 Å². The number of hydrogen-bond donors (Lipinski definition) is 2. The number of carbonyl (C=O) groups is 1. The van der Waals surface area contributed by atoms with Crippen molar-refractivity contribution < 1.29 is 9.53 Å². The molecule has 1 aliphatic heterocycles. The molecule has 0 aliphatic carbocycles. The standard InChI is InChI=1S/C11H16N4O2/c1-7-3-14-9(5-13-7)11(16)15-8-4-12-6-10(8)17-2/h3,5,8,10,12H,4,6H2,1-2H3,(H,15,16)/t8?,10-/m0/s1. The molecule has 6 nitrogen and oxygen atoms in total. The summed E-state index contributed by atoms with van der Waals surface area (Å²) >= 11 is 0. The van der Waals surface area contributed by atoms with Crippen LogP contribution >= 0.6 is 0 Å². The van der Waals surface area contributed by atoms with Crippen LogP contribution in [-0.4, -0.2) is 48.2 Å². The predicted molar refractivity (Wildman–Crippen MR) is 61.7 cm³/mol. The van der Waals surface area contributed by atoms with Crippen LogP contribution in [0.1, 0.15) is 16.2 Å². The minimum absolute atomic E-state index is 0.0114. The molecule has 1 saturated heterocycles. The first-order valence-electron chi connectivity index (χ1n) is 5.53. The van der Waals surface area contributed by atoms with Crippen molar-refractivity contribution in [2.45, 2.75) is 19.1 Å². The Morgan fingerprint density at radius 2 is 2.29 bits per heavy atom. The molecule has 2 atom stereocenters. The van der Waals surface area contributed by atoms with Crippen molar-refractivity contribution in [3.05, 3.63) is 23.8 Å². The second-order valence-electron chi connectivity index (χ2n) is 4.06. The van der Waals surface area contributed by atoms with E-state index in [1.165, 1.54) is 6.20 Å². The van der Waals surface area contributed by atoms with Crippen LogP contribution in [0.2, 0.25) is 0 Å². The first-order chi connectivity index (χ1) is 8.20. The smallest absolute Gasteiger partial charge is 0.271 e. The maximum atomic E-state index is 11.9. The highest BCUT2D eigenvalue weighted by Gasteiger charge is 2.28. The molecule has 2 heterocycles. The fraction of sp³-hybridized carbons (Fsp3) is 0.545. The lowest BCUT2D eigenvalue weighted by Gasteiger charge is -2.18. The molecule has 1 aromatic heterocycles. The Labute approximate surface area is 99.8 Å². The number of aromatic nitrogens is 2. The Morgan fingerprint density at radius 1 is 1.47 bits per heavy atom. The molecule has 0 aromatic carbocycles. The van der Waals surface area contributed by atoms with Gasteiger partial charge in [-0.1, -0.05) is 0 Å². The Hall–Kier alpha value is -1.53. The van der Waals surface area contributed by atoms with E-state index in [4.69, 9.17) is 4.74 Å². The zero-order valence-electron chi connectivity index (χ0n) is 9.93. The van der Waals surface area contributed by atoms with Crippen molar-refractivity contribution in [3.63, 3.8) is 0 Å². The van der Waals surface area contributed by atoms with Gasteiger partial charge in [-0.3, -0.25) is 9.78 Å². The number of methoxy groups -OCH3 is 1. The molecule has 92 valence electrons. The van der Waals surface area contributed by atoms with Crippen molar-refractivity contribution in [2.24, 2.45) is 0 Å². The van der Waals surface area contributed by atoms with Crippen LogP contribution in [-0.2, 0) is 4.74 Å². The summed E-state index contributed by atoms with van der Waals surface area (Å²) in [6, 6.07) is -0.0180. The third-order valence-corrected chi connectivity index (χ3v) is 2.79. The number of ether oxygens (including phenoxy) is 1. The fourth-order valence-corrected chi connectivity index (χ4v) is 1.80. The minimum atomic E-state index is -0.215. The SMILES string of the molecule is CO[C@H]1CNCC1NC(=O)c1cnc(C)cn1. The molecular formula is C11H16N4O2. The Bertz CT molecular complexity index is 393. The van der Waals surface area contributed by atoms with Gasteiger partial charge in [0, 0.05) is 26.4 Å². The van der Waals surface area contributed by atoms with E-state index < -0.39 is 0 Å². The molecular weight excluding hydrogens is 220 g/mol. The summed E-state index contributed by atoms with van der Waals surface area (Å²) in [4.78, 5) is 20.0. The lowest BCUT2D eigenvalue weighted by Crippen LogP contribution is -2.43. The van der Waals surface area contributed by atoms with Gasteiger partial charge in [0.25, 0.3) is 5.91 Å². The Kier molecular flexibility index (Phi) is 3.65. The minimum Gasteiger partial charge on any atom is -0.378 e. The molecule has 1 unspecified atom stereocenters. The summed E-state index contributed by atoms with van der Waals surface area (Å²) in [6.45, 7) is 3.29. The topological polar surface area (TPSA) is 76.1 Å². The quantitative estimate of drug-likeness (QED) is 0.740. The largest absolute Gasteiger partial charge is 0.378 e. The monoisotopic (exact) mass is 236 g/mol. The van der Waals surface area contributed by atoms with E-state index >= 15 is 0 Å². The van der Waals surface area contributed by atoms with E-state index in [0.29, 0.717) is 12.2 Å². The van der Waals surface area contributed by atoms with E-state index in [9.17, 15) is 4.79 Å². The number of nitrogens with zero attached hydrogens (tertiary/aromatic N) is 2. The highest BCUT2D eigenvalue weighted by atomic mass is 16.5. The first kappa shape index (κ1) is 11.9. The molecule has 6 heteroatoms. The van der Waals surface area contributed by atoms with Crippen molar-refractivity contribution in [2.75, 3.05) is 20.2 Å². The van der Waals surface area contributed by atoms with Crippen LogP contribution in [0.5, 0.6) is 0 Å². The van der Waals surface area contributed by atoms with Gasteiger partial charge in [-0.25, -0.2) is 4.98 Å². The average molecular weight is 236 g/mol. The molecule has 1 aromatic rings. The summed E-state index contributed by atoms with van der Waals surface area (Å²) in [5, 5.41) is 6.05. The zero-order valence-corrected chi connectivity index (χ0v) is 9.93. The summed E-state index contributed by atoms with van der Waals surface area (Å²) in [6.07, 6.45) is 3.07. The third kappa shape index (κ3) is 2.78. The van der Waals surface area contributed by atoms with Gasteiger partial charge in [0.1, 0.15) is 5.69 Å². The lowest BCUT2D eigenvalue weighted by atomic mass is 10.2. The van der Waals surface area contributed by atoms with E-state index in [1.54, 1.807) is 13.3 Å². The van der Waals surface area contributed by atoms with Crippen LogP contribution in [0.15, 0.2) is 12.4 Å². The molecule has 2 rings (SSSR count). The molecule has 1 aliphatic rings. The maximum absolute atomic E-state index is 11.9. The molecule has 2 N–H and O–H groups in total. The summed E-state index contributed by atoms with van der Waals surface area (Å²) in [5.74, 6) is -0.215. The number of nitrogens with one attached hydrogen (secondary N) is 2. The molecule has 0 spiro atoms. The van der Waals surface area contributed by atoms with Gasteiger partial charge in [0.15, 0.2) is 0 Å². The van der Waals surface area contributed by atoms with Crippen LogP contribution in [0.25, 0.3) is 0 Å². The molecule has 1 amide bonds. The van der Waals surface area contributed by atoms with Gasteiger partial charge < -0.3 is 15.4 Å². The number of rotatable bonds is 3. The third-order valence-electron chi connectivity index (χ3n) is 2.79. The molecule has 17 heavy (non-hydrogen) atoms. The molecule has 1 fully saturated rings. The van der Waals surface area contributed by atoms with E-state index in [-0.39, 0.29) is 18.1 Å². The van der Waals surface area contributed by atoms with Gasteiger partial charge in [-0.15, -0.1) is 0 Å². The number of amides is 1. The molecule has 0 bridgehead atoms. The molecule has 0 saturated carbocycles. The zero-order chi connectivity index (χ0) is 12.3.